The van der Waals surface area contributed by atoms with Gasteiger partial charge in [-0.3, -0.25) is 0 Å². The van der Waals surface area contributed by atoms with E-state index in [1.807, 2.05) is 0 Å². The van der Waals surface area contributed by atoms with Crippen LogP contribution in [-0.2, 0) is 0 Å². The fourth-order valence-electron chi connectivity index (χ4n) is 0.807. The molecule has 0 saturated carbocycles. The Morgan fingerprint density at radius 3 is 2.92 bits per heavy atom. The topological polar surface area (TPSA) is 53.6 Å². The quantitative estimate of drug-likeness (QED) is 0.636. The van der Waals surface area contributed by atoms with Crippen molar-refractivity contribution < 1.29 is 14.6 Å². The molecule has 0 aliphatic rings. The van der Waals surface area contributed by atoms with Crippen LogP contribution in [0.1, 0.15) is 18.1 Å². The summed E-state index contributed by atoms with van der Waals surface area (Å²) in [5, 5.41) is 17.7. The first-order valence-corrected chi connectivity index (χ1v) is 3.61. The van der Waals surface area contributed by atoms with Gasteiger partial charge in [-0.25, -0.2) is 0 Å². The third-order valence-electron chi connectivity index (χ3n) is 1.43. The van der Waals surface area contributed by atoms with Gasteiger partial charge in [0.25, 0.3) is 0 Å². The van der Waals surface area contributed by atoms with E-state index in [9.17, 15) is 5.11 Å². The molecule has 1 unspecified atom stereocenters. The van der Waals surface area contributed by atoms with Crippen LogP contribution in [-0.4, -0.2) is 16.8 Å². The highest BCUT2D eigenvalue weighted by molar-refractivity contribution is 5.12. The molecule has 3 heteroatoms. The molecular weight excluding hydrogens is 156 g/mol. The van der Waals surface area contributed by atoms with E-state index in [2.05, 4.69) is 11.8 Å². The molecule has 3 nitrogen and oxygen atoms in total. The van der Waals surface area contributed by atoms with Crippen LogP contribution in [0.2, 0.25) is 0 Å². The summed E-state index contributed by atoms with van der Waals surface area (Å²) in [6, 6.07) is 1.69. The first kappa shape index (κ1) is 8.85. The Bertz CT molecular complexity index is 266. The van der Waals surface area contributed by atoms with Crippen molar-refractivity contribution in [2.75, 3.05) is 6.61 Å². The Balaban J connectivity index is 2.44. The maximum absolute atomic E-state index is 9.39. The lowest BCUT2D eigenvalue weighted by atomic mass is 10.1. The van der Waals surface area contributed by atoms with Gasteiger partial charge in [0.1, 0.15) is 6.61 Å². The van der Waals surface area contributed by atoms with Crippen LogP contribution in [0, 0.1) is 11.8 Å². The number of hydrogen-bond donors (Lipinski definition) is 2. The largest absolute Gasteiger partial charge is 0.472 e. The molecule has 1 aromatic rings. The highest BCUT2D eigenvalue weighted by Crippen LogP contribution is 2.15. The van der Waals surface area contributed by atoms with Crippen LogP contribution in [0.15, 0.2) is 23.0 Å². The van der Waals surface area contributed by atoms with Crippen molar-refractivity contribution in [3.63, 3.8) is 0 Å². The lowest BCUT2D eigenvalue weighted by Crippen LogP contribution is -1.93. The molecule has 0 aliphatic heterocycles. The monoisotopic (exact) mass is 166 g/mol. The molecule has 1 heterocycles. The summed E-state index contributed by atoms with van der Waals surface area (Å²) < 4.78 is 4.78. The minimum Gasteiger partial charge on any atom is -0.472 e. The minimum absolute atomic E-state index is 0.169. The van der Waals surface area contributed by atoms with E-state index in [4.69, 9.17) is 9.52 Å². The van der Waals surface area contributed by atoms with E-state index in [1.54, 1.807) is 6.07 Å². The van der Waals surface area contributed by atoms with Crippen molar-refractivity contribution in [2.45, 2.75) is 12.5 Å². The Morgan fingerprint density at radius 2 is 2.33 bits per heavy atom. The van der Waals surface area contributed by atoms with Crippen LogP contribution in [0.4, 0.5) is 0 Å². The second kappa shape index (κ2) is 4.60. The zero-order valence-corrected chi connectivity index (χ0v) is 6.53. The third kappa shape index (κ3) is 2.42. The SMILES string of the molecule is OCC#CCC(O)c1ccoc1. The number of rotatable bonds is 2. The molecule has 0 fully saturated rings. The van der Waals surface area contributed by atoms with Gasteiger partial charge in [0.2, 0.25) is 0 Å². The Morgan fingerprint density at radius 1 is 1.50 bits per heavy atom. The van der Waals surface area contributed by atoms with E-state index >= 15 is 0 Å². The van der Waals surface area contributed by atoms with Crippen LogP contribution < -0.4 is 0 Å². The summed E-state index contributed by atoms with van der Waals surface area (Å²) in [6.45, 7) is -0.169. The molecule has 0 saturated heterocycles. The summed E-state index contributed by atoms with van der Waals surface area (Å²) in [6.07, 6.45) is 2.67. The molecule has 64 valence electrons. The van der Waals surface area contributed by atoms with E-state index in [0.717, 1.165) is 0 Å². The van der Waals surface area contributed by atoms with Gasteiger partial charge in [0, 0.05) is 12.0 Å². The summed E-state index contributed by atoms with van der Waals surface area (Å²) in [7, 11) is 0. The number of furan rings is 1. The fraction of sp³-hybridized carbons (Fsp3) is 0.333. The average Bonchev–Trinajstić information content (AvgIpc) is 2.56. The van der Waals surface area contributed by atoms with Gasteiger partial charge in [-0.1, -0.05) is 11.8 Å². The molecule has 1 aromatic heterocycles. The Labute approximate surface area is 70.6 Å². The smallest absolute Gasteiger partial charge is 0.104 e. The molecule has 0 bridgehead atoms. The zero-order chi connectivity index (χ0) is 8.81. The van der Waals surface area contributed by atoms with E-state index in [-0.39, 0.29) is 6.61 Å². The maximum Gasteiger partial charge on any atom is 0.104 e. The fourth-order valence-corrected chi connectivity index (χ4v) is 0.807. The predicted octanol–water partition coefficient (Wildman–Crippen LogP) is 0.699. The summed E-state index contributed by atoms with van der Waals surface area (Å²) >= 11 is 0. The van der Waals surface area contributed by atoms with Gasteiger partial charge in [0.15, 0.2) is 0 Å². The molecule has 1 atom stereocenters. The van der Waals surface area contributed by atoms with Gasteiger partial charge in [-0.05, 0) is 6.07 Å². The zero-order valence-electron chi connectivity index (χ0n) is 6.53. The molecule has 2 N–H and O–H groups in total. The number of aliphatic hydroxyl groups excluding tert-OH is 2. The highest BCUT2D eigenvalue weighted by atomic mass is 16.3. The van der Waals surface area contributed by atoms with Gasteiger partial charge in [-0.2, -0.15) is 0 Å². The van der Waals surface area contributed by atoms with E-state index < -0.39 is 6.10 Å². The number of aliphatic hydroxyl groups is 2. The van der Waals surface area contributed by atoms with Crippen molar-refractivity contribution in [3.8, 4) is 11.8 Å². The van der Waals surface area contributed by atoms with Gasteiger partial charge < -0.3 is 14.6 Å². The van der Waals surface area contributed by atoms with Gasteiger partial charge >= 0.3 is 0 Å². The molecule has 0 amide bonds. The normalized spacial score (nSPS) is 11.8. The summed E-state index contributed by atoms with van der Waals surface area (Å²) in [5.41, 5.74) is 0.710. The second-order valence-electron chi connectivity index (χ2n) is 2.29. The number of hydrogen-bond acceptors (Lipinski definition) is 3. The van der Waals surface area contributed by atoms with Gasteiger partial charge in [0.05, 0.1) is 18.6 Å². The van der Waals surface area contributed by atoms with Crippen LogP contribution >= 0.6 is 0 Å². The van der Waals surface area contributed by atoms with E-state index in [1.165, 1.54) is 12.5 Å². The lowest BCUT2D eigenvalue weighted by Gasteiger charge is -2.00. The van der Waals surface area contributed by atoms with Crippen LogP contribution in [0.5, 0.6) is 0 Å². The van der Waals surface area contributed by atoms with Crippen LogP contribution in [0.25, 0.3) is 0 Å². The third-order valence-corrected chi connectivity index (χ3v) is 1.43. The second-order valence-corrected chi connectivity index (χ2v) is 2.29. The van der Waals surface area contributed by atoms with Crippen LogP contribution in [0.3, 0.4) is 0 Å². The molecule has 0 spiro atoms. The van der Waals surface area contributed by atoms with E-state index in [0.29, 0.717) is 12.0 Å². The van der Waals surface area contributed by atoms with Crippen molar-refractivity contribution in [1.82, 2.24) is 0 Å². The molecule has 1 rings (SSSR count). The van der Waals surface area contributed by atoms with Crippen molar-refractivity contribution in [1.29, 1.82) is 0 Å². The standard InChI is InChI=1S/C9H10O3/c10-5-2-1-3-9(11)8-4-6-12-7-8/h4,6-7,9-11H,3,5H2. The van der Waals surface area contributed by atoms with Crippen molar-refractivity contribution in [2.24, 2.45) is 0 Å². The Kier molecular flexibility index (Phi) is 3.39. The molecule has 12 heavy (non-hydrogen) atoms. The first-order valence-electron chi connectivity index (χ1n) is 3.61. The van der Waals surface area contributed by atoms with Crippen molar-refractivity contribution in [3.05, 3.63) is 24.2 Å². The molecule has 0 aromatic carbocycles. The summed E-state index contributed by atoms with van der Waals surface area (Å²) in [5.74, 6) is 5.09. The summed E-state index contributed by atoms with van der Waals surface area (Å²) in [4.78, 5) is 0. The molecular formula is C9H10O3. The molecule has 0 aliphatic carbocycles. The molecule has 0 radical (unpaired) electrons. The predicted molar refractivity (Wildman–Crippen MR) is 43.1 cm³/mol. The lowest BCUT2D eigenvalue weighted by molar-refractivity contribution is 0.183. The minimum atomic E-state index is -0.622. The highest BCUT2D eigenvalue weighted by Gasteiger charge is 2.05. The Hall–Kier alpha value is -1.24. The first-order chi connectivity index (χ1) is 5.84. The van der Waals surface area contributed by atoms with Gasteiger partial charge in [-0.15, -0.1) is 0 Å². The maximum atomic E-state index is 9.39. The van der Waals surface area contributed by atoms with Crippen molar-refractivity contribution >= 4 is 0 Å². The average molecular weight is 166 g/mol.